The summed E-state index contributed by atoms with van der Waals surface area (Å²) in [4.78, 5) is 17.8. The normalized spacial score (nSPS) is 8.88. The van der Waals surface area contributed by atoms with E-state index in [1.807, 2.05) is 4.73 Å². The summed E-state index contributed by atoms with van der Waals surface area (Å²) in [7, 11) is -5.31. The van der Waals surface area contributed by atoms with E-state index in [0.717, 1.165) is 0 Å². The van der Waals surface area contributed by atoms with E-state index in [0.29, 0.717) is 0 Å². The summed E-state index contributed by atoms with van der Waals surface area (Å²) >= 11 is 0. The van der Waals surface area contributed by atoms with Crippen LogP contribution in [0.5, 0.6) is 0 Å². The van der Waals surface area contributed by atoms with Gasteiger partial charge in [0, 0.05) is 0 Å². The van der Waals surface area contributed by atoms with E-state index in [1.165, 1.54) is 0 Å². The van der Waals surface area contributed by atoms with Crippen LogP contribution in [0.1, 0.15) is 0 Å². The van der Waals surface area contributed by atoms with Crippen LogP contribution in [-0.2, 0) is 9.29 Å². The van der Waals surface area contributed by atoms with E-state index < -0.39 is 7.82 Å². The zero-order chi connectivity index (χ0) is 5.21. The zero-order valence-electron chi connectivity index (χ0n) is 3.17. The molecule has 0 radical (unpaired) electrons. The summed E-state index contributed by atoms with van der Waals surface area (Å²) in [5.41, 5.74) is 0. The van der Waals surface area contributed by atoms with E-state index in [2.05, 4.69) is 0 Å². The van der Waals surface area contributed by atoms with Gasteiger partial charge in [-0.15, -0.1) is 0 Å². The topological polar surface area (TPSA) is 72.4 Å². The average Bonchev–Trinajstić information content (AvgIpc) is 1.35. The molecule has 8 heteroatoms. The van der Waals surface area contributed by atoms with Gasteiger partial charge in [-0.3, -0.25) is 0 Å². The van der Waals surface area contributed by atoms with Gasteiger partial charge in [-0.1, -0.05) is 0 Å². The predicted octanol–water partition coefficient (Wildman–Crippen LogP) is -2.58. The Bertz CT molecular complexity index is 80.1. The van der Waals surface area contributed by atoms with E-state index in [1.54, 1.807) is 0 Å². The van der Waals surface area contributed by atoms with Crippen molar-refractivity contribution in [3.63, 3.8) is 0 Å². The second-order valence-corrected chi connectivity index (χ2v) is 1.55. The molecule has 0 atom stereocenters. The van der Waals surface area contributed by atoms with Crippen LogP contribution in [0.15, 0.2) is 0 Å². The van der Waals surface area contributed by atoms with Crippen molar-refractivity contribution >= 4 is 91.0 Å². The molecule has 0 aromatic carbocycles. The molecular formula is H2CaFO4PSr. The minimum absolute atomic E-state index is 0. The third-order valence-electron chi connectivity index (χ3n) is 0.0845. The molecule has 4 nitrogen and oxygen atoms in total. The van der Waals surface area contributed by atoms with Crippen molar-refractivity contribution in [3.8, 4) is 0 Å². The van der Waals surface area contributed by atoms with Crippen LogP contribution in [0.3, 0.4) is 0 Å². The van der Waals surface area contributed by atoms with Crippen molar-refractivity contribution in [2.45, 2.75) is 0 Å². The first kappa shape index (κ1) is 17.0. The molecule has 0 bridgehead atoms. The van der Waals surface area contributed by atoms with Gasteiger partial charge in [-0.05, 0) is 4.53 Å². The standard InChI is InChI=1S/Ca.FH2O4P.Sr.2H/c;1-5-6(2,3)4;;;/h;(H2,2,3,4);;;/q+2;;;;/p-2. The minimum atomic E-state index is -5.31. The van der Waals surface area contributed by atoms with Gasteiger partial charge in [0.05, 0.1) is 0 Å². The molecule has 0 spiro atoms. The molecule has 0 aromatic rings. The third kappa shape index (κ3) is 15.9. The monoisotopic (exact) mass is 244 g/mol. The maximum atomic E-state index is 10.1. The summed E-state index contributed by atoms with van der Waals surface area (Å²) in [5.74, 6) is 0. The summed E-state index contributed by atoms with van der Waals surface area (Å²) < 4.78 is 20.9. The Hall–Kier alpha value is 2.78. The number of hydrogen-bond donors (Lipinski definition) is 0. The number of phosphoric acid groups is 1. The first-order chi connectivity index (χ1) is 2.56. The molecule has 0 amide bonds. The Balaban J connectivity index is -0.000000125. The van der Waals surface area contributed by atoms with Gasteiger partial charge in [0.15, 0.2) is 0 Å². The molecule has 0 N–H and O–H groups in total. The van der Waals surface area contributed by atoms with Gasteiger partial charge in [0.2, 0.25) is 0 Å². The quantitative estimate of drug-likeness (QED) is 0.375. The van der Waals surface area contributed by atoms with E-state index in [-0.39, 0.29) is 83.2 Å². The van der Waals surface area contributed by atoms with Crippen LogP contribution < -0.4 is 9.79 Å². The van der Waals surface area contributed by atoms with Crippen LogP contribution in [0.25, 0.3) is 0 Å². The van der Waals surface area contributed by atoms with Gasteiger partial charge in [-0.25, -0.2) is 0 Å². The van der Waals surface area contributed by atoms with Crippen LogP contribution in [0.4, 0.5) is 4.53 Å². The molecule has 0 saturated heterocycles. The zero-order valence-corrected chi connectivity index (χ0v) is 6.27. The van der Waals surface area contributed by atoms with Crippen LogP contribution in [0, 0.1) is 0 Å². The molecule has 42 valence electrons. The van der Waals surface area contributed by atoms with Crippen molar-refractivity contribution in [3.05, 3.63) is 0 Å². The van der Waals surface area contributed by atoms with Crippen molar-refractivity contribution < 1.29 is 23.6 Å². The fourth-order valence-electron chi connectivity index (χ4n) is 0. The SMILES string of the molecule is O=P([O-])([O-])OF.[Ca+2].[SrH2]. The molecule has 0 saturated carbocycles. The Morgan fingerprint density at radius 1 is 1.50 bits per heavy atom. The molecule has 0 heterocycles. The molecular weight excluding hydrogens is 242 g/mol. The molecule has 0 fully saturated rings. The first-order valence-corrected chi connectivity index (χ1v) is 2.35. The predicted molar refractivity (Wildman–Crippen MR) is 24.1 cm³/mol. The number of rotatable bonds is 1. The van der Waals surface area contributed by atoms with Crippen LogP contribution >= 0.6 is 7.82 Å². The summed E-state index contributed by atoms with van der Waals surface area (Å²) in [6, 6.07) is 0. The Morgan fingerprint density at radius 3 is 1.62 bits per heavy atom. The molecule has 8 heavy (non-hydrogen) atoms. The van der Waals surface area contributed by atoms with E-state index >= 15 is 0 Å². The van der Waals surface area contributed by atoms with Gasteiger partial charge in [0.1, 0.15) is 7.82 Å². The Kier molecular flexibility index (Phi) is 16.8. The van der Waals surface area contributed by atoms with Gasteiger partial charge in [0.25, 0.3) is 0 Å². The van der Waals surface area contributed by atoms with E-state index in [9.17, 15) is 4.53 Å². The number of halogens is 1. The molecule has 0 aliphatic rings. The maximum absolute atomic E-state index is 10.1. The van der Waals surface area contributed by atoms with Crippen molar-refractivity contribution in [1.82, 2.24) is 0 Å². The molecule has 0 aliphatic carbocycles. The van der Waals surface area contributed by atoms with Crippen LogP contribution in [0.2, 0.25) is 0 Å². The second kappa shape index (κ2) is 7.88. The summed E-state index contributed by atoms with van der Waals surface area (Å²) in [5, 5.41) is 0. The fourth-order valence-corrected chi connectivity index (χ4v) is 0. The van der Waals surface area contributed by atoms with Crippen molar-refractivity contribution in [1.29, 1.82) is 0 Å². The first-order valence-electron chi connectivity index (χ1n) is 0.885. The van der Waals surface area contributed by atoms with Gasteiger partial charge >= 0.3 is 83.2 Å². The van der Waals surface area contributed by atoms with Gasteiger partial charge < -0.3 is 14.4 Å². The molecule has 0 unspecified atom stereocenters. The van der Waals surface area contributed by atoms with Gasteiger partial charge in [-0.2, -0.15) is 4.73 Å². The number of hydrogen-bond acceptors (Lipinski definition) is 4. The second-order valence-electron chi connectivity index (χ2n) is 0.516. The third-order valence-corrected chi connectivity index (χ3v) is 0.254. The fraction of sp³-hybridized carbons (Fsp3) is 0. The van der Waals surface area contributed by atoms with Crippen molar-refractivity contribution in [2.24, 2.45) is 0 Å². The van der Waals surface area contributed by atoms with E-state index in [4.69, 9.17) is 14.4 Å². The molecule has 0 aliphatic heterocycles. The molecule has 0 rings (SSSR count). The van der Waals surface area contributed by atoms with Crippen molar-refractivity contribution in [2.75, 3.05) is 0 Å². The Labute approximate surface area is 112 Å². The average molecular weight is 244 g/mol. The Morgan fingerprint density at radius 2 is 1.62 bits per heavy atom. The summed E-state index contributed by atoms with van der Waals surface area (Å²) in [6.07, 6.45) is 0. The van der Waals surface area contributed by atoms with Crippen LogP contribution in [-0.4, -0.2) is 83.2 Å². The summed E-state index contributed by atoms with van der Waals surface area (Å²) in [6.45, 7) is 0. The molecule has 0 aromatic heterocycles.